The van der Waals surface area contributed by atoms with Crippen molar-refractivity contribution in [3.63, 3.8) is 0 Å². The maximum atomic E-state index is 12.3. The molecule has 0 amide bonds. The molecular weight excluding hydrogens is 368 g/mol. The Morgan fingerprint density at radius 3 is 2.61 bits per heavy atom. The van der Waals surface area contributed by atoms with E-state index in [2.05, 4.69) is 20.6 Å². The summed E-state index contributed by atoms with van der Waals surface area (Å²) in [6.07, 6.45) is 1.45. The Morgan fingerprint density at radius 1 is 1.11 bits per heavy atom. The van der Waals surface area contributed by atoms with Crippen LogP contribution in [0, 0.1) is 0 Å². The van der Waals surface area contributed by atoms with Gasteiger partial charge in [-0.05, 0) is 12.1 Å². The van der Waals surface area contributed by atoms with E-state index in [1.54, 1.807) is 0 Å². The Labute approximate surface area is 157 Å². The molecule has 0 aliphatic rings. The third-order valence-electron chi connectivity index (χ3n) is 4.11. The van der Waals surface area contributed by atoms with Crippen LogP contribution in [-0.2, 0) is 0 Å². The van der Waals surface area contributed by atoms with Crippen molar-refractivity contribution in [2.75, 3.05) is 26.2 Å². The molecule has 0 spiro atoms. The molecule has 0 radical (unpaired) electrons. The molecule has 0 unspecified atom stereocenters. The molecule has 1 heterocycles. The van der Waals surface area contributed by atoms with E-state index in [9.17, 15) is 24.6 Å². The lowest BCUT2D eigenvalue weighted by Crippen LogP contribution is -2.28. The first-order valence-corrected chi connectivity index (χ1v) is 8.45. The summed E-state index contributed by atoms with van der Waals surface area (Å²) < 4.78 is 0. The normalized spacial score (nSPS) is 12.0. The third kappa shape index (κ3) is 3.63. The minimum Gasteiger partial charge on any atom is -0.507 e. The Hall–Kier alpha value is -3.50. The summed E-state index contributed by atoms with van der Waals surface area (Å²) in [4.78, 5) is 42.7. The number of aliphatic hydroxyl groups is 1. The molecule has 10 nitrogen and oxygen atoms in total. The van der Waals surface area contributed by atoms with Gasteiger partial charge in [-0.25, -0.2) is 9.78 Å². The van der Waals surface area contributed by atoms with Crippen LogP contribution in [0.5, 0.6) is 5.75 Å². The van der Waals surface area contributed by atoms with Crippen LogP contribution in [0.3, 0.4) is 0 Å². The van der Waals surface area contributed by atoms with Gasteiger partial charge in [0.25, 0.3) is 0 Å². The first-order chi connectivity index (χ1) is 13.4. The number of phenols is 1. The average molecular weight is 386 g/mol. The SMILES string of the molecule is O=C(O)c1ccc(=O)c2nc3/c(=C\NCCNCCO)c(O)cc(=O)c3[nH]c12. The fourth-order valence-electron chi connectivity index (χ4n) is 2.79. The molecule has 28 heavy (non-hydrogen) atoms. The van der Waals surface area contributed by atoms with Gasteiger partial charge in [-0.1, -0.05) is 0 Å². The number of hydrogen-bond acceptors (Lipinski definition) is 8. The molecule has 3 aromatic rings. The van der Waals surface area contributed by atoms with Gasteiger partial charge in [-0.3, -0.25) is 9.59 Å². The van der Waals surface area contributed by atoms with Gasteiger partial charge in [0.2, 0.25) is 10.9 Å². The van der Waals surface area contributed by atoms with E-state index in [-0.39, 0.29) is 45.2 Å². The molecule has 3 rings (SSSR count). The highest BCUT2D eigenvalue weighted by molar-refractivity contribution is 6.02. The van der Waals surface area contributed by atoms with Gasteiger partial charge in [-0.2, -0.15) is 0 Å². The lowest BCUT2D eigenvalue weighted by Gasteiger charge is -2.07. The second-order valence-corrected chi connectivity index (χ2v) is 5.98. The smallest absolute Gasteiger partial charge is 0.337 e. The van der Waals surface area contributed by atoms with Gasteiger partial charge < -0.3 is 30.9 Å². The number of carboxylic acids is 1. The number of rotatable bonds is 7. The second-order valence-electron chi connectivity index (χ2n) is 5.98. The third-order valence-corrected chi connectivity index (χ3v) is 4.11. The highest BCUT2D eigenvalue weighted by Crippen LogP contribution is 2.15. The van der Waals surface area contributed by atoms with Crippen LogP contribution in [-0.4, -0.2) is 57.5 Å². The van der Waals surface area contributed by atoms with Crippen molar-refractivity contribution in [3.05, 3.63) is 49.4 Å². The number of fused-ring (bicyclic) bond motifs is 2. The van der Waals surface area contributed by atoms with Gasteiger partial charge in [0, 0.05) is 31.9 Å². The molecule has 1 aromatic heterocycles. The Morgan fingerprint density at radius 2 is 1.89 bits per heavy atom. The van der Waals surface area contributed by atoms with Crippen molar-refractivity contribution in [1.29, 1.82) is 0 Å². The number of carbonyl (C=O) groups is 1. The summed E-state index contributed by atoms with van der Waals surface area (Å²) >= 11 is 0. The van der Waals surface area contributed by atoms with Crippen LogP contribution in [0.15, 0.2) is 27.8 Å². The highest BCUT2D eigenvalue weighted by Gasteiger charge is 2.16. The minimum atomic E-state index is -1.27. The van der Waals surface area contributed by atoms with E-state index >= 15 is 0 Å². The number of nitrogens with zero attached hydrogens (tertiary/aromatic N) is 1. The number of aromatic nitrogens is 2. The molecule has 146 valence electrons. The van der Waals surface area contributed by atoms with Gasteiger partial charge in [0.1, 0.15) is 22.3 Å². The van der Waals surface area contributed by atoms with Crippen molar-refractivity contribution >= 4 is 34.2 Å². The zero-order chi connectivity index (χ0) is 20.3. The average Bonchev–Trinajstić information content (AvgIpc) is 2.66. The number of benzene rings is 2. The lowest BCUT2D eigenvalue weighted by molar-refractivity contribution is 0.0699. The minimum absolute atomic E-state index is 0.0167. The summed E-state index contributed by atoms with van der Waals surface area (Å²) in [5.41, 5.74) is -1.45. The van der Waals surface area contributed by atoms with Crippen LogP contribution in [0.2, 0.25) is 0 Å². The molecule has 0 bridgehead atoms. The molecule has 0 aliphatic heterocycles. The Balaban J connectivity index is 2.19. The number of H-pyrrole nitrogens is 1. The quantitative estimate of drug-likeness (QED) is 0.209. The predicted molar refractivity (Wildman–Crippen MR) is 102 cm³/mol. The molecule has 6 N–H and O–H groups in total. The van der Waals surface area contributed by atoms with Crippen LogP contribution < -0.4 is 26.7 Å². The number of carboxylic acid groups (broad SMARTS) is 1. The summed E-state index contributed by atoms with van der Waals surface area (Å²) in [5, 5.41) is 34.3. The van der Waals surface area contributed by atoms with E-state index < -0.39 is 16.8 Å². The highest BCUT2D eigenvalue weighted by atomic mass is 16.4. The van der Waals surface area contributed by atoms with E-state index in [4.69, 9.17) is 5.11 Å². The molecule has 0 fully saturated rings. The number of phenolic OH excluding ortho intramolecular Hbond substituents is 1. The van der Waals surface area contributed by atoms with E-state index in [0.29, 0.717) is 19.6 Å². The Kier molecular flexibility index (Phi) is 5.52. The standard InChI is InChI=1S/C18H18N4O6/c23-6-5-19-3-4-20-8-10-12(25)7-13(26)17-15(10)22-16-11(24)2-1-9(18(27)28)14(16)21-17/h1-2,7-8,19-21,23,25H,3-6H2,(H,27,28)/b10-8-. The van der Waals surface area contributed by atoms with Gasteiger partial charge in [-0.15, -0.1) is 0 Å². The lowest BCUT2D eigenvalue weighted by atomic mass is 10.1. The number of aromatic amines is 1. The fraction of sp³-hybridized carbons (Fsp3) is 0.222. The van der Waals surface area contributed by atoms with Gasteiger partial charge in [0.05, 0.1) is 22.9 Å². The first-order valence-electron chi connectivity index (χ1n) is 8.45. The molecule has 0 aliphatic carbocycles. The maximum absolute atomic E-state index is 12.3. The van der Waals surface area contributed by atoms with Gasteiger partial charge >= 0.3 is 5.97 Å². The van der Waals surface area contributed by atoms with Crippen molar-refractivity contribution in [3.8, 4) is 5.75 Å². The van der Waals surface area contributed by atoms with Crippen molar-refractivity contribution in [2.45, 2.75) is 0 Å². The summed E-state index contributed by atoms with van der Waals surface area (Å²) in [6, 6.07) is 3.23. The Bertz CT molecular complexity index is 1220. The molecule has 10 heteroatoms. The molecule has 0 saturated heterocycles. The molecular formula is C18H18N4O6. The molecule has 2 aromatic carbocycles. The van der Waals surface area contributed by atoms with Crippen molar-refractivity contribution < 1.29 is 20.1 Å². The topological polar surface area (TPSA) is 165 Å². The monoisotopic (exact) mass is 386 g/mol. The van der Waals surface area contributed by atoms with Crippen molar-refractivity contribution in [2.24, 2.45) is 0 Å². The largest absolute Gasteiger partial charge is 0.507 e. The first kappa shape index (κ1) is 19.3. The number of hydrogen-bond donors (Lipinski definition) is 6. The fourth-order valence-corrected chi connectivity index (χ4v) is 2.79. The van der Waals surface area contributed by atoms with E-state index in [1.165, 1.54) is 6.20 Å². The zero-order valence-electron chi connectivity index (χ0n) is 14.7. The second kappa shape index (κ2) is 8.03. The zero-order valence-corrected chi connectivity index (χ0v) is 14.7. The number of aliphatic hydroxyl groups excluding tert-OH is 1. The van der Waals surface area contributed by atoms with Gasteiger partial charge in [0.15, 0.2) is 0 Å². The van der Waals surface area contributed by atoms with Crippen LogP contribution >= 0.6 is 0 Å². The van der Waals surface area contributed by atoms with E-state index in [0.717, 1.165) is 18.2 Å². The van der Waals surface area contributed by atoms with Crippen LogP contribution in [0.1, 0.15) is 10.4 Å². The number of nitrogens with one attached hydrogen (secondary N) is 3. The maximum Gasteiger partial charge on any atom is 0.337 e. The van der Waals surface area contributed by atoms with E-state index in [1.807, 2.05) is 0 Å². The summed E-state index contributed by atoms with van der Waals surface area (Å²) in [7, 11) is 0. The predicted octanol–water partition coefficient (Wildman–Crippen LogP) is -1.53. The molecule has 0 atom stereocenters. The summed E-state index contributed by atoms with van der Waals surface area (Å²) in [5.74, 6) is -1.59. The summed E-state index contributed by atoms with van der Waals surface area (Å²) in [6.45, 7) is 1.47. The number of aromatic hydroxyl groups is 1. The van der Waals surface area contributed by atoms with Crippen LogP contribution in [0.25, 0.3) is 28.3 Å². The number of aromatic carboxylic acids is 1. The van der Waals surface area contributed by atoms with Crippen molar-refractivity contribution in [1.82, 2.24) is 20.6 Å². The van der Waals surface area contributed by atoms with Crippen LogP contribution in [0.4, 0.5) is 0 Å². The molecule has 0 saturated carbocycles.